The number of para-hydroxylation sites is 1. The number of rotatable bonds is 7. The zero-order valence-electron chi connectivity index (χ0n) is 19.8. The molecular weight excluding hydrogens is 468 g/mol. The molecule has 2 aromatic carbocycles. The lowest BCUT2D eigenvalue weighted by molar-refractivity contribution is -0.120. The number of fused-ring (bicyclic) bond motifs is 4. The van der Waals surface area contributed by atoms with E-state index >= 15 is 0 Å². The molecule has 0 aliphatic carbocycles. The van der Waals surface area contributed by atoms with Gasteiger partial charge in [0.05, 0.1) is 12.8 Å². The van der Waals surface area contributed by atoms with Crippen molar-refractivity contribution < 1.29 is 23.7 Å². The number of carbonyl (C=O) groups excluding carboxylic acids is 1. The van der Waals surface area contributed by atoms with E-state index in [2.05, 4.69) is 17.1 Å². The number of benzene rings is 2. The Bertz CT molecular complexity index is 1250. The van der Waals surface area contributed by atoms with Crippen LogP contribution in [0.1, 0.15) is 44.9 Å². The summed E-state index contributed by atoms with van der Waals surface area (Å²) in [5.41, 5.74) is 2.55. The lowest BCUT2D eigenvalue weighted by Gasteiger charge is -2.31. The van der Waals surface area contributed by atoms with E-state index in [0.29, 0.717) is 45.2 Å². The maximum Gasteiger partial charge on any atom is 0.247 e. The van der Waals surface area contributed by atoms with Crippen molar-refractivity contribution in [2.75, 3.05) is 24.6 Å². The highest BCUT2D eigenvalue weighted by atomic mass is 32.2. The predicted octanol–water partition coefficient (Wildman–Crippen LogP) is 5.00. The van der Waals surface area contributed by atoms with Crippen molar-refractivity contribution >= 4 is 23.4 Å². The van der Waals surface area contributed by atoms with Gasteiger partial charge < -0.3 is 18.9 Å². The normalized spacial score (nSPS) is 15.6. The van der Waals surface area contributed by atoms with Crippen LogP contribution in [-0.4, -0.2) is 40.7 Å². The summed E-state index contributed by atoms with van der Waals surface area (Å²) in [7, 11) is 1.56. The average Bonchev–Trinajstić information content (AvgIpc) is 3.31. The molecule has 10 heteroatoms. The zero-order valence-corrected chi connectivity index (χ0v) is 20.6. The Morgan fingerprint density at radius 2 is 2.06 bits per heavy atom. The lowest BCUT2D eigenvalue weighted by atomic mass is 10.1. The molecule has 0 saturated heterocycles. The van der Waals surface area contributed by atoms with E-state index in [1.807, 2.05) is 37.3 Å². The molecule has 1 amide bonds. The molecule has 35 heavy (non-hydrogen) atoms. The van der Waals surface area contributed by atoms with Crippen molar-refractivity contribution in [2.45, 2.75) is 44.5 Å². The Balaban J connectivity index is 1.67. The molecule has 3 aromatic rings. The third kappa shape index (κ3) is 4.34. The highest BCUT2D eigenvalue weighted by molar-refractivity contribution is 7.99. The number of amides is 1. The number of unbranched alkanes of at least 4 members (excludes halogenated alkanes) is 1. The molecule has 2 aliphatic heterocycles. The fourth-order valence-corrected chi connectivity index (χ4v) is 4.89. The molecule has 0 radical (unpaired) electrons. The van der Waals surface area contributed by atoms with Crippen LogP contribution in [-0.2, 0) is 4.79 Å². The molecule has 1 aromatic heterocycles. The van der Waals surface area contributed by atoms with E-state index in [1.165, 1.54) is 11.8 Å². The van der Waals surface area contributed by atoms with Crippen molar-refractivity contribution in [2.24, 2.45) is 0 Å². The third-order valence-electron chi connectivity index (χ3n) is 5.78. The smallest absolute Gasteiger partial charge is 0.247 e. The van der Waals surface area contributed by atoms with Gasteiger partial charge >= 0.3 is 0 Å². The SMILES string of the molecule is CCCCSc1nnc2c(n1)OC(c1cc(OC)c3c(c1)OCO3)N(C(=O)CC)c1ccccc1-2. The monoisotopic (exact) mass is 494 g/mol. The first kappa shape index (κ1) is 23.2. The van der Waals surface area contributed by atoms with Crippen LogP contribution in [0.3, 0.4) is 0 Å². The van der Waals surface area contributed by atoms with Crippen LogP contribution < -0.4 is 23.8 Å². The second kappa shape index (κ2) is 9.99. The molecule has 0 fully saturated rings. The molecule has 2 aliphatic rings. The van der Waals surface area contributed by atoms with Crippen molar-refractivity contribution in [1.82, 2.24) is 15.2 Å². The molecule has 3 heterocycles. The summed E-state index contributed by atoms with van der Waals surface area (Å²) in [6.07, 6.45) is 1.58. The molecule has 0 N–H and O–H groups in total. The minimum atomic E-state index is -0.835. The first-order valence-corrected chi connectivity index (χ1v) is 12.6. The van der Waals surface area contributed by atoms with Crippen molar-refractivity contribution in [3.05, 3.63) is 42.0 Å². The average molecular weight is 495 g/mol. The first-order valence-electron chi connectivity index (χ1n) is 11.6. The number of hydrogen-bond donors (Lipinski definition) is 0. The quantitative estimate of drug-likeness (QED) is 0.332. The van der Waals surface area contributed by atoms with Gasteiger partial charge in [-0.3, -0.25) is 9.69 Å². The van der Waals surface area contributed by atoms with E-state index in [9.17, 15) is 4.79 Å². The van der Waals surface area contributed by atoms with Gasteiger partial charge in [-0.05, 0) is 24.6 Å². The van der Waals surface area contributed by atoms with Crippen LogP contribution in [0.2, 0.25) is 0 Å². The molecular formula is C25H26N4O5S. The van der Waals surface area contributed by atoms with Gasteiger partial charge in [-0.2, -0.15) is 4.98 Å². The number of ether oxygens (including phenoxy) is 4. The van der Waals surface area contributed by atoms with Crippen molar-refractivity contribution in [3.63, 3.8) is 0 Å². The third-order valence-corrected chi connectivity index (χ3v) is 6.70. The minimum absolute atomic E-state index is 0.0967. The molecule has 5 rings (SSSR count). The van der Waals surface area contributed by atoms with E-state index in [4.69, 9.17) is 23.9 Å². The number of nitrogens with zero attached hydrogens (tertiary/aromatic N) is 4. The second-order valence-corrected chi connectivity index (χ2v) is 9.07. The summed E-state index contributed by atoms with van der Waals surface area (Å²) in [5.74, 6) is 2.64. The van der Waals surface area contributed by atoms with Crippen LogP contribution in [0, 0.1) is 0 Å². The molecule has 182 valence electrons. The van der Waals surface area contributed by atoms with Crippen molar-refractivity contribution in [3.8, 4) is 34.4 Å². The molecule has 1 unspecified atom stereocenters. The maximum absolute atomic E-state index is 13.3. The van der Waals surface area contributed by atoms with Crippen molar-refractivity contribution in [1.29, 1.82) is 0 Å². The van der Waals surface area contributed by atoms with Gasteiger partial charge in [0.15, 0.2) is 17.2 Å². The number of hydrogen-bond acceptors (Lipinski definition) is 9. The summed E-state index contributed by atoms with van der Waals surface area (Å²) >= 11 is 1.54. The topological polar surface area (TPSA) is 95.9 Å². The molecule has 0 bridgehead atoms. The zero-order chi connectivity index (χ0) is 24.4. The van der Waals surface area contributed by atoms with Gasteiger partial charge in [-0.15, -0.1) is 10.2 Å². The van der Waals surface area contributed by atoms with Crippen LogP contribution in [0.4, 0.5) is 5.69 Å². The summed E-state index contributed by atoms with van der Waals surface area (Å²) in [4.78, 5) is 19.7. The number of methoxy groups -OCH3 is 1. The Morgan fingerprint density at radius 3 is 2.86 bits per heavy atom. The Labute approximate surface area is 207 Å². The summed E-state index contributed by atoms with van der Waals surface area (Å²) in [6.45, 7) is 4.06. The van der Waals surface area contributed by atoms with Crippen LogP contribution in [0.25, 0.3) is 11.3 Å². The summed E-state index contributed by atoms with van der Waals surface area (Å²) in [5, 5.41) is 9.34. The molecule has 0 spiro atoms. The maximum atomic E-state index is 13.3. The molecule has 1 atom stereocenters. The number of thioether (sulfide) groups is 1. The van der Waals surface area contributed by atoms with Gasteiger partial charge in [0.2, 0.25) is 35.7 Å². The number of anilines is 1. The first-order chi connectivity index (χ1) is 17.1. The fourth-order valence-electron chi connectivity index (χ4n) is 4.03. The van der Waals surface area contributed by atoms with Gasteiger partial charge in [-0.25, -0.2) is 0 Å². The Morgan fingerprint density at radius 1 is 1.20 bits per heavy atom. The van der Waals surface area contributed by atoms with E-state index in [-0.39, 0.29) is 19.1 Å². The largest absolute Gasteiger partial charge is 0.493 e. The fraction of sp³-hybridized carbons (Fsp3) is 0.360. The minimum Gasteiger partial charge on any atom is -0.493 e. The highest BCUT2D eigenvalue weighted by Crippen LogP contribution is 2.47. The van der Waals surface area contributed by atoms with E-state index in [0.717, 1.165) is 24.2 Å². The lowest BCUT2D eigenvalue weighted by Crippen LogP contribution is -2.37. The van der Waals surface area contributed by atoms with Gasteiger partial charge in [0, 0.05) is 23.3 Å². The Kier molecular flexibility index (Phi) is 6.63. The van der Waals surface area contributed by atoms with Crippen LogP contribution in [0.5, 0.6) is 23.1 Å². The summed E-state index contributed by atoms with van der Waals surface area (Å²) < 4.78 is 23.2. The van der Waals surface area contributed by atoms with E-state index in [1.54, 1.807) is 18.1 Å². The molecule has 9 nitrogen and oxygen atoms in total. The predicted molar refractivity (Wildman–Crippen MR) is 131 cm³/mol. The second-order valence-electron chi connectivity index (χ2n) is 8.01. The summed E-state index contributed by atoms with van der Waals surface area (Å²) in [6, 6.07) is 11.2. The van der Waals surface area contributed by atoms with Gasteiger partial charge in [0.1, 0.15) is 0 Å². The van der Waals surface area contributed by atoms with E-state index < -0.39 is 6.23 Å². The standard InChI is InChI=1S/C25H26N4O5S/c1-4-6-11-35-25-26-23-21(27-28-25)16-9-7-8-10-17(16)29(20(30)5-2)24(34-23)15-12-18(31-3)22-19(13-15)32-14-33-22/h7-10,12-13,24H,4-6,11,14H2,1-3H3. The van der Waals surface area contributed by atoms with Gasteiger partial charge in [-0.1, -0.05) is 50.2 Å². The number of carbonyl (C=O) groups is 1. The van der Waals surface area contributed by atoms with Crippen LogP contribution >= 0.6 is 11.8 Å². The highest BCUT2D eigenvalue weighted by Gasteiger charge is 2.37. The van der Waals surface area contributed by atoms with Crippen LogP contribution in [0.15, 0.2) is 41.6 Å². The number of aromatic nitrogens is 3. The van der Waals surface area contributed by atoms with Gasteiger partial charge in [0.25, 0.3) is 0 Å². The molecule has 0 saturated carbocycles. The Hall–Kier alpha value is -3.53.